The van der Waals surface area contributed by atoms with E-state index in [-0.39, 0.29) is 5.91 Å². The van der Waals surface area contributed by atoms with Gasteiger partial charge in [0.15, 0.2) is 0 Å². The number of nitrogens with one attached hydrogen (secondary N) is 1. The number of H-pyrrole nitrogens is 1. The summed E-state index contributed by atoms with van der Waals surface area (Å²) >= 11 is 6.43. The van der Waals surface area contributed by atoms with Crippen molar-refractivity contribution in [2.75, 3.05) is 13.2 Å². The van der Waals surface area contributed by atoms with E-state index in [1.54, 1.807) is 17.2 Å². The molecule has 2 aromatic heterocycles. The first-order chi connectivity index (χ1) is 12.1. The van der Waals surface area contributed by atoms with Crippen molar-refractivity contribution >= 4 is 34.1 Å². The first-order valence-corrected chi connectivity index (χ1v) is 8.61. The van der Waals surface area contributed by atoms with Crippen LogP contribution in [0.3, 0.4) is 0 Å². The molecule has 0 saturated carbocycles. The number of nitrogens with zero attached hydrogens (tertiary/aromatic N) is 2. The summed E-state index contributed by atoms with van der Waals surface area (Å²) in [4.78, 5) is 21.6. The van der Waals surface area contributed by atoms with Crippen molar-refractivity contribution in [3.05, 3.63) is 58.7 Å². The Morgan fingerprint density at radius 2 is 2.32 bits per heavy atom. The lowest BCUT2D eigenvalue weighted by molar-refractivity contribution is -0.125. The lowest BCUT2D eigenvalue weighted by Gasteiger charge is -2.33. The Bertz CT molecular complexity index is 955. The average Bonchev–Trinajstić information content (AvgIpc) is 2.97. The van der Waals surface area contributed by atoms with Crippen LogP contribution in [0.2, 0.25) is 5.02 Å². The molecule has 0 aromatic carbocycles. The molecule has 0 fully saturated rings. The van der Waals surface area contributed by atoms with Gasteiger partial charge in [-0.1, -0.05) is 18.2 Å². The maximum absolute atomic E-state index is 12.2. The van der Waals surface area contributed by atoms with Crippen molar-refractivity contribution in [2.24, 2.45) is 0 Å². The third-order valence-electron chi connectivity index (χ3n) is 4.69. The molecule has 0 saturated heterocycles. The Labute approximate surface area is 150 Å². The highest BCUT2D eigenvalue weighted by Gasteiger charge is 2.28. The van der Waals surface area contributed by atoms with E-state index >= 15 is 0 Å². The van der Waals surface area contributed by atoms with Crippen LogP contribution in [0, 0.1) is 6.92 Å². The van der Waals surface area contributed by atoms with Gasteiger partial charge in [0.25, 0.3) is 5.91 Å². The second-order valence-electron chi connectivity index (χ2n) is 6.16. The van der Waals surface area contributed by atoms with Gasteiger partial charge in [-0.2, -0.15) is 0 Å². The summed E-state index contributed by atoms with van der Waals surface area (Å²) in [5.74, 6) is 0.760. The zero-order valence-electron chi connectivity index (χ0n) is 13.9. The molecule has 1 N–H and O–H groups in total. The molecule has 0 radical (unpaired) electrons. The Kier molecular flexibility index (Phi) is 3.88. The predicted octanol–water partition coefficient (Wildman–Crippen LogP) is 3.96. The highest BCUT2D eigenvalue weighted by atomic mass is 35.5. The average molecular weight is 356 g/mol. The minimum Gasteiger partial charge on any atom is -0.494 e. The minimum absolute atomic E-state index is 0.108. The van der Waals surface area contributed by atoms with E-state index in [2.05, 4.69) is 16.5 Å². The number of aromatic nitrogens is 2. The van der Waals surface area contributed by atoms with Crippen molar-refractivity contribution < 1.29 is 9.53 Å². The number of hydrogen-bond acceptors (Lipinski definition) is 3. The van der Waals surface area contributed by atoms with Crippen LogP contribution < -0.4 is 0 Å². The van der Waals surface area contributed by atoms with E-state index in [1.165, 1.54) is 6.08 Å². The largest absolute Gasteiger partial charge is 0.494 e. The quantitative estimate of drug-likeness (QED) is 0.829. The van der Waals surface area contributed by atoms with E-state index in [1.807, 2.05) is 13.0 Å². The van der Waals surface area contributed by atoms with Crippen LogP contribution in [-0.2, 0) is 9.53 Å². The Balaban J connectivity index is 1.86. The summed E-state index contributed by atoms with van der Waals surface area (Å²) in [5, 5.41) is 1.60. The van der Waals surface area contributed by atoms with Crippen molar-refractivity contribution in [1.82, 2.24) is 14.9 Å². The molecule has 3 heterocycles. The lowest BCUT2D eigenvalue weighted by atomic mass is 9.92. The second kappa shape index (κ2) is 6.08. The van der Waals surface area contributed by atoms with E-state index < -0.39 is 0 Å². The molecule has 0 spiro atoms. The van der Waals surface area contributed by atoms with Gasteiger partial charge in [-0.05, 0) is 37.1 Å². The van der Waals surface area contributed by atoms with E-state index in [9.17, 15) is 4.79 Å². The van der Waals surface area contributed by atoms with Crippen LogP contribution in [0.4, 0.5) is 0 Å². The molecule has 0 unspecified atom stereocenters. The standard InChI is InChI=1S/C19H18ClN3O2/c1-3-16(24)23-8-9-25-15-5-4-12(10-14(15)23)17-11(2)22-19-18(17)13(20)6-7-21-19/h3,6-7,10H,1,4-5,8-9H2,2H3,(H,21,22). The summed E-state index contributed by atoms with van der Waals surface area (Å²) in [7, 11) is 0. The van der Waals surface area contributed by atoms with Crippen LogP contribution in [0.1, 0.15) is 24.1 Å². The molecule has 25 heavy (non-hydrogen) atoms. The van der Waals surface area contributed by atoms with Gasteiger partial charge in [-0.25, -0.2) is 4.98 Å². The molecule has 0 bridgehead atoms. The number of allylic oxidation sites excluding steroid dienone is 3. The van der Waals surface area contributed by atoms with Crippen LogP contribution in [0.5, 0.6) is 0 Å². The van der Waals surface area contributed by atoms with Gasteiger partial charge in [-0.15, -0.1) is 0 Å². The fraction of sp³-hybridized carbons (Fsp3) is 0.263. The van der Waals surface area contributed by atoms with Gasteiger partial charge in [0.2, 0.25) is 0 Å². The van der Waals surface area contributed by atoms with Crippen LogP contribution >= 0.6 is 11.6 Å². The number of pyridine rings is 1. The summed E-state index contributed by atoms with van der Waals surface area (Å²) in [6.45, 7) is 6.67. The molecule has 1 amide bonds. The highest BCUT2D eigenvalue weighted by Crippen LogP contribution is 2.40. The number of hydrogen-bond donors (Lipinski definition) is 1. The van der Waals surface area contributed by atoms with E-state index in [0.717, 1.165) is 52.2 Å². The fourth-order valence-electron chi connectivity index (χ4n) is 3.59. The first-order valence-electron chi connectivity index (χ1n) is 8.23. The Hall–Kier alpha value is -2.53. The SMILES string of the molecule is C=CC(=O)N1CCOC2=C1C=C(c1c(C)[nH]c3nccc(Cl)c13)CC2. The van der Waals surface area contributed by atoms with Gasteiger partial charge in [0.05, 0.1) is 17.3 Å². The minimum atomic E-state index is -0.108. The molecular formula is C19H18ClN3O2. The summed E-state index contributed by atoms with van der Waals surface area (Å²) in [6.07, 6.45) is 6.66. The molecule has 0 atom stereocenters. The van der Waals surface area contributed by atoms with E-state index in [4.69, 9.17) is 16.3 Å². The maximum atomic E-state index is 12.2. The number of ether oxygens (including phenoxy) is 1. The monoisotopic (exact) mass is 355 g/mol. The molecule has 128 valence electrons. The third-order valence-corrected chi connectivity index (χ3v) is 5.01. The number of rotatable bonds is 2. The topological polar surface area (TPSA) is 58.2 Å². The summed E-state index contributed by atoms with van der Waals surface area (Å²) in [5.41, 5.74) is 4.82. The molecule has 4 rings (SSSR count). The number of halogens is 1. The molecule has 1 aliphatic heterocycles. The first kappa shape index (κ1) is 16.0. The molecular weight excluding hydrogens is 338 g/mol. The van der Waals surface area contributed by atoms with Crippen LogP contribution in [0.15, 0.2) is 42.5 Å². The van der Waals surface area contributed by atoms with Crippen molar-refractivity contribution in [3.63, 3.8) is 0 Å². The van der Waals surface area contributed by atoms with Crippen LogP contribution in [-0.4, -0.2) is 33.9 Å². The number of aromatic amines is 1. The number of amides is 1. The smallest absolute Gasteiger partial charge is 0.250 e. The van der Waals surface area contributed by atoms with Gasteiger partial charge in [-0.3, -0.25) is 4.79 Å². The van der Waals surface area contributed by atoms with Crippen molar-refractivity contribution in [3.8, 4) is 0 Å². The summed E-state index contributed by atoms with van der Waals surface area (Å²) < 4.78 is 5.77. The zero-order valence-corrected chi connectivity index (χ0v) is 14.7. The molecule has 6 heteroatoms. The zero-order chi connectivity index (χ0) is 17.6. The lowest BCUT2D eigenvalue weighted by Crippen LogP contribution is -2.36. The molecule has 1 aliphatic carbocycles. The number of aryl methyl sites for hydroxylation is 1. The fourth-order valence-corrected chi connectivity index (χ4v) is 3.83. The van der Waals surface area contributed by atoms with Crippen LogP contribution in [0.25, 0.3) is 16.6 Å². The number of fused-ring (bicyclic) bond motifs is 1. The van der Waals surface area contributed by atoms with Crippen molar-refractivity contribution in [1.29, 1.82) is 0 Å². The Morgan fingerprint density at radius 1 is 1.48 bits per heavy atom. The highest BCUT2D eigenvalue weighted by molar-refractivity contribution is 6.36. The van der Waals surface area contributed by atoms with Gasteiger partial charge in [0, 0.05) is 29.3 Å². The van der Waals surface area contributed by atoms with Gasteiger partial charge >= 0.3 is 0 Å². The van der Waals surface area contributed by atoms with E-state index in [0.29, 0.717) is 18.2 Å². The number of carbonyl (C=O) groups excluding carboxylic acids is 1. The van der Waals surface area contributed by atoms with Gasteiger partial charge < -0.3 is 14.6 Å². The molecule has 5 nitrogen and oxygen atoms in total. The maximum Gasteiger partial charge on any atom is 0.250 e. The normalized spacial score (nSPS) is 17.2. The van der Waals surface area contributed by atoms with Gasteiger partial charge in [0.1, 0.15) is 18.0 Å². The molecule has 2 aliphatic rings. The Morgan fingerprint density at radius 3 is 3.12 bits per heavy atom. The summed E-state index contributed by atoms with van der Waals surface area (Å²) in [6, 6.07) is 1.80. The molecule has 2 aromatic rings. The van der Waals surface area contributed by atoms with Crippen molar-refractivity contribution in [2.45, 2.75) is 19.8 Å². The second-order valence-corrected chi connectivity index (χ2v) is 6.57. The number of carbonyl (C=O) groups is 1. The predicted molar refractivity (Wildman–Crippen MR) is 97.9 cm³/mol. The third kappa shape index (κ3) is 2.55.